The van der Waals surface area contributed by atoms with E-state index in [2.05, 4.69) is 420 Å². The van der Waals surface area contributed by atoms with Gasteiger partial charge in [0.2, 0.25) is 23.6 Å². The summed E-state index contributed by atoms with van der Waals surface area (Å²) in [6, 6.07) is 160. The van der Waals surface area contributed by atoms with Gasteiger partial charge in [-0.15, -0.1) is 11.3 Å². The molecule has 642 valence electrons. The van der Waals surface area contributed by atoms with Crippen molar-refractivity contribution in [3.8, 4) is 85.0 Å². The minimum Gasteiger partial charge on any atom is -0.452 e. The molecular formula is C126H75N9O2S. The fraction of sp³-hybridized carbons (Fsp3) is 0. The van der Waals surface area contributed by atoms with E-state index in [0.717, 1.165) is 149 Å². The van der Waals surface area contributed by atoms with Gasteiger partial charge in [-0.05, 0) is 124 Å². The van der Waals surface area contributed by atoms with Crippen molar-refractivity contribution in [1.82, 2.24) is 43.6 Å². The van der Waals surface area contributed by atoms with E-state index in [1.165, 1.54) is 102 Å². The first kappa shape index (κ1) is 78.3. The van der Waals surface area contributed by atoms with Crippen LogP contribution in [0.4, 0.5) is 0 Å². The molecule has 30 aromatic rings. The van der Waals surface area contributed by atoms with E-state index >= 15 is 0 Å². The van der Waals surface area contributed by atoms with Crippen molar-refractivity contribution in [3.05, 3.63) is 455 Å². The van der Waals surface area contributed by atoms with E-state index in [0.29, 0.717) is 29.1 Å². The lowest BCUT2D eigenvalue weighted by Crippen LogP contribution is -2.03. The first-order chi connectivity index (χ1) is 68.5. The molecule has 0 atom stereocenters. The highest BCUT2D eigenvalue weighted by molar-refractivity contribution is 7.25. The van der Waals surface area contributed by atoms with Gasteiger partial charge >= 0.3 is 0 Å². The Morgan fingerprint density at radius 3 is 0.949 bits per heavy atom. The second kappa shape index (κ2) is 31.7. The van der Waals surface area contributed by atoms with Crippen LogP contribution in [0.25, 0.3) is 279 Å². The summed E-state index contributed by atoms with van der Waals surface area (Å²) in [4.78, 5) is 33.5. The predicted octanol–water partition coefficient (Wildman–Crippen LogP) is 33.8. The number of para-hydroxylation sites is 2. The first-order valence-electron chi connectivity index (χ1n) is 46.5. The van der Waals surface area contributed by atoms with Crippen LogP contribution in [0, 0.1) is 0 Å². The first-order valence-corrected chi connectivity index (χ1v) is 47.4. The zero-order valence-corrected chi connectivity index (χ0v) is 74.9. The lowest BCUT2D eigenvalue weighted by Gasteiger charge is -2.14. The number of hydrogen-bond acceptors (Lipinski definition) is 9. The Balaban J connectivity index is 0.000000102. The van der Waals surface area contributed by atoms with Crippen LogP contribution >= 0.6 is 11.3 Å². The second-order valence-corrected chi connectivity index (χ2v) is 36.3. The molecule has 138 heavy (non-hydrogen) atoms. The van der Waals surface area contributed by atoms with Crippen LogP contribution in [-0.4, -0.2) is 43.6 Å². The average Bonchev–Trinajstić information content (AvgIpc) is 1.56. The number of aromatic nitrogens is 9. The molecule has 11 nitrogen and oxygen atoms in total. The minimum atomic E-state index is 0.570. The number of nitrogens with zero attached hydrogens (tertiary/aromatic N) is 9. The molecule has 0 unspecified atom stereocenters. The van der Waals surface area contributed by atoms with E-state index in [9.17, 15) is 0 Å². The van der Waals surface area contributed by atoms with Gasteiger partial charge in [0.1, 0.15) is 27.2 Å². The van der Waals surface area contributed by atoms with Gasteiger partial charge in [-0.1, -0.05) is 413 Å². The number of hydrogen-bond donors (Lipinski definition) is 0. The lowest BCUT2D eigenvalue weighted by atomic mass is 9.96. The van der Waals surface area contributed by atoms with Gasteiger partial charge in [-0.2, -0.15) is 4.98 Å². The van der Waals surface area contributed by atoms with E-state index < -0.39 is 0 Å². The minimum absolute atomic E-state index is 0.570. The molecular weight excluding hydrogens is 1700 g/mol. The number of furan rings is 2. The van der Waals surface area contributed by atoms with E-state index in [4.69, 9.17) is 38.7 Å². The van der Waals surface area contributed by atoms with Gasteiger partial charge in [-0.25, -0.2) is 24.9 Å². The molecule has 0 aliphatic carbocycles. The summed E-state index contributed by atoms with van der Waals surface area (Å²) in [5.74, 6) is 1.88. The molecule has 0 saturated carbocycles. The topological polar surface area (TPSA) is 118 Å². The zero-order valence-electron chi connectivity index (χ0n) is 74.1. The van der Waals surface area contributed by atoms with Crippen LogP contribution < -0.4 is 0 Å². The maximum absolute atomic E-state index is 6.57. The summed E-state index contributed by atoms with van der Waals surface area (Å²) in [7, 11) is 0. The number of benzene rings is 21. The van der Waals surface area contributed by atoms with Crippen molar-refractivity contribution >= 4 is 206 Å². The molecule has 0 fully saturated rings. The van der Waals surface area contributed by atoms with Gasteiger partial charge in [-0.3, -0.25) is 13.7 Å². The van der Waals surface area contributed by atoms with Gasteiger partial charge in [0, 0.05) is 91.4 Å². The quantitative estimate of drug-likeness (QED) is 0.140. The van der Waals surface area contributed by atoms with E-state index in [-0.39, 0.29) is 0 Å². The van der Waals surface area contributed by atoms with E-state index in [1.54, 1.807) is 11.3 Å². The van der Waals surface area contributed by atoms with Crippen LogP contribution in [0.1, 0.15) is 0 Å². The summed E-state index contributed by atoms with van der Waals surface area (Å²) in [5, 5.41) is 26.7. The molecule has 0 amide bonds. The van der Waals surface area contributed by atoms with Crippen molar-refractivity contribution in [1.29, 1.82) is 0 Å². The van der Waals surface area contributed by atoms with Crippen molar-refractivity contribution in [2.24, 2.45) is 0 Å². The summed E-state index contributed by atoms with van der Waals surface area (Å²) in [6.45, 7) is 0. The molecule has 12 heteroatoms. The molecule has 9 aromatic heterocycles. The Morgan fingerprint density at radius 1 is 0.196 bits per heavy atom. The summed E-state index contributed by atoms with van der Waals surface area (Å²) in [5.41, 5.74) is 22.7. The molecule has 9 heterocycles. The third-order valence-corrected chi connectivity index (χ3v) is 28.8. The largest absolute Gasteiger partial charge is 0.452 e. The number of fused-ring (bicyclic) bond motifs is 30. The van der Waals surface area contributed by atoms with Crippen molar-refractivity contribution in [2.75, 3.05) is 0 Å². The van der Waals surface area contributed by atoms with Crippen LogP contribution in [0.3, 0.4) is 0 Å². The third kappa shape index (κ3) is 12.4. The Hall–Kier alpha value is -18.4. The zero-order chi connectivity index (χ0) is 90.6. The van der Waals surface area contributed by atoms with Crippen LogP contribution in [0.2, 0.25) is 0 Å². The summed E-state index contributed by atoms with van der Waals surface area (Å²) in [6.07, 6.45) is 0. The van der Waals surface area contributed by atoms with Crippen molar-refractivity contribution < 1.29 is 8.83 Å². The van der Waals surface area contributed by atoms with Crippen molar-refractivity contribution in [2.45, 2.75) is 0 Å². The fourth-order valence-corrected chi connectivity index (χ4v) is 22.7. The Bertz CT molecular complexity index is 9880. The maximum atomic E-state index is 6.57. The number of rotatable bonds is 9. The Kier molecular flexibility index (Phi) is 18.0. The highest BCUT2D eigenvalue weighted by atomic mass is 32.1. The van der Waals surface area contributed by atoms with Crippen molar-refractivity contribution in [3.63, 3.8) is 0 Å². The fourth-order valence-electron chi connectivity index (χ4n) is 21.6. The van der Waals surface area contributed by atoms with Crippen LogP contribution in [0.5, 0.6) is 0 Å². The molecule has 21 aromatic carbocycles. The van der Waals surface area contributed by atoms with Crippen LogP contribution in [0.15, 0.2) is 464 Å². The monoisotopic (exact) mass is 1780 g/mol. The maximum Gasteiger partial charge on any atom is 0.238 e. The average molecular weight is 1780 g/mol. The summed E-state index contributed by atoms with van der Waals surface area (Å²) < 4.78 is 21.1. The van der Waals surface area contributed by atoms with Gasteiger partial charge in [0.25, 0.3) is 0 Å². The molecule has 0 saturated heterocycles. The molecule has 0 radical (unpaired) electrons. The Morgan fingerprint density at radius 2 is 0.507 bits per heavy atom. The summed E-state index contributed by atoms with van der Waals surface area (Å²) >= 11 is 1.74. The second-order valence-electron chi connectivity index (χ2n) is 35.3. The normalized spacial score (nSPS) is 11.9. The molecule has 30 rings (SSSR count). The van der Waals surface area contributed by atoms with Gasteiger partial charge in [0.05, 0.1) is 49.9 Å². The van der Waals surface area contributed by atoms with Gasteiger partial charge < -0.3 is 8.83 Å². The molecule has 0 spiro atoms. The molecule has 0 aliphatic heterocycles. The SMILES string of the molecule is c1ccc(-c2ccccc2-c2nc(-n3c4ccc5ccccc5c4c4ccc5ccccc5c43)nc3c2oc2ccccc23)cc1.c1ccc(-c2ccccc2-c2nc(-n3c4ccc5ccccc5c4c4ccc5ccccc5c43)nc3oc4ccccc4c23)cc1.c1ccc(-c2ccccc2-c2nc(-n3c4ccc5ccccc5c4c4ccc5ccccc5c43)nc3sc4ccccc4c23)cc1. The number of thiophene rings is 1. The Labute approximate surface area is 792 Å². The van der Waals surface area contributed by atoms with E-state index in [1.807, 2.05) is 48.5 Å². The smallest absolute Gasteiger partial charge is 0.238 e. The van der Waals surface area contributed by atoms with Gasteiger partial charge in [0.15, 0.2) is 5.58 Å². The van der Waals surface area contributed by atoms with Crippen LogP contribution in [-0.2, 0) is 0 Å². The highest BCUT2D eigenvalue weighted by Gasteiger charge is 2.30. The standard InChI is InChI=1S/2C42H25N3O.C42H25N3S/c1-2-12-26(13-3-1)29-16-8-9-19-32(29)39-38-33-20-10-11-21-36(33)46-41(38)44-42(43-39)45-35-25-23-27-14-4-6-17-30(27)37(35)34-24-22-28-15-5-7-18-31(28)40(34)45;1-2-12-26(13-3-1)29-16-8-9-19-32(29)38-41-39(33-20-10-11-21-36(33)46-41)44-42(43-38)45-35-25-23-27-14-4-6-17-30(27)37(35)34-24-22-28-15-5-7-18-31(28)40(34)45;1-2-12-26(13-3-1)29-16-8-9-19-32(29)39-38-33-20-10-11-21-36(33)46-41(38)44-42(43-39)45-35-25-23-27-14-4-6-17-30(27)37(35)34-24-22-28-15-5-7-18-31(28)40(34)45/h3*1-25H. The highest BCUT2D eigenvalue weighted by Crippen LogP contribution is 2.50. The third-order valence-electron chi connectivity index (χ3n) is 27.7. The molecule has 0 bridgehead atoms. The lowest BCUT2D eigenvalue weighted by molar-refractivity contribution is 0.651. The predicted molar refractivity (Wildman–Crippen MR) is 574 cm³/mol. The molecule has 0 N–H and O–H groups in total. The molecule has 0 aliphatic rings.